The van der Waals surface area contributed by atoms with Gasteiger partial charge in [0.15, 0.2) is 9.84 Å². The molecule has 0 rings (SSSR count). The van der Waals surface area contributed by atoms with Crippen LogP contribution in [0.1, 0.15) is 27.7 Å². The van der Waals surface area contributed by atoms with E-state index in [4.69, 9.17) is 0 Å². The van der Waals surface area contributed by atoms with Crippen LogP contribution in [-0.4, -0.2) is 29.5 Å². The fourth-order valence-electron chi connectivity index (χ4n) is 0.976. The first-order valence-electron chi connectivity index (χ1n) is 3.97. The Morgan fingerprint density at radius 3 is 1.62 bits per heavy atom. The van der Waals surface area contributed by atoms with Crippen LogP contribution in [0.5, 0.6) is 0 Å². The zero-order valence-corrected chi connectivity index (χ0v) is 11.0. The molecule has 0 unspecified atom stereocenters. The normalized spacial score (nSPS) is 20.8. The summed E-state index contributed by atoms with van der Waals surface area (Å²) in [4.78, 5) is 0. The highest BCUT2D eigenvalue weighted by molar-refractivity contribution is 9.11. The molecule has 0 fully saturated rings. The molecule has 0 heterocycles. The van der Waals surface area contributed by atoms with Crippen molar-refractivity contribution in [3.8, 4) is 0 Å². The minimum Gasteiger partial charge on any atom is -0.390 e. The second-order valence-corrected chi connectivity index (χ2v) is 9.09. The Bertz CT molecular complexity index is 274. The summed E-state index contributed by atoms with van der Waals surface area (Å²) in [6, 6.07) is 0. The lowest BCUT2D eigenvalue weighted by Crippen LogP contribution is -2.47. The quantitative estimate of drug-likeness (QED) is 0.777. The molecule has 0 aliphatic heterocycles. The van der Waals surface area contributed by atoms with Gasteiger partial charge in [-0.25, -0.2) is 8.42 Å². The minimum atomic E-state index is -3.32. The monoisotopic (exact) mass is 272 g/mol. The van der Waals surface area contributed by atoms with Crippen LogP contribution < -0.4 is 0 Å². The lowest BCUT2D eigenvalue weighted by molar-refractivity contribution is 0.0562. The summed E-state index contributed by atoms with van der Waals surface area (Å²) in [5.41, 5.74) is -0.471. The number of sulfone groups is 1. The molecule has 0 aliphatic rings. The molecule has 0 amide bonds. The molecule has 0 spiro atoms. The SMILES string of the molecule is CC(C)(C)[C@H](O)[C@@](C)(Br)S(C)(=O)=O. The third kappa shape index (κ3) is 2.92. The van der Waals surface area contributed by atoms with Crippen LogP contribution in [0.3, 0.4) is 0 Å². The molecule has 0 bridgehead atoms. The Kier molecular flexibility index (Phi) is 3.62. The molecule has 1 N–H and O–H groups in total. The summed E-state index contributed by atoms with van der Waals surface area (Å²) in [5.74, 6) is 0. The van der Waals surface area contributed by atoms with Crippen LogP contribution in [-0.2, 0) is 9.84 Å². The van der Waals surface area contributed by atoms with Crippen molar-refractivity contribution >= 4 is 25.8 Å². The lowest BCUT2D eigenvalue weighted by atomic mass is 9.87. The van der Waals surface area contributed by atoms with Gasteiger partial charge < -0.3 is 5.11 Å². The topological polar surface area (TPSA) is 54.4 Å². The van der Waals surface area contributed by atoms with Gasteiger partial charge >= 0.3 is 0 Å². The van der Waals surface area contributed by atoms with Gasteiger partial charge in [-0.2, -0.15) is 0 Å². The predicted molar refractivity (Wildman–Crippen MR) is 57.6 cm³/mol. The van der Waals surface area contributed by atoms with Crippen molar-refractivity contribution in [3.05, 3.63) is 0 Å². The Hall–Kier alpha value is 0.390. The molecule has 3 nitrogen and oxygen atoms in total. The van der Waals surface area contributed by atoms with Gasteiger partial charge in [-0.1, -0.05) is 36.7 Å². The Morgan fingerprint density at radius 2 is 1.54 bits per heavy atom. The number of aliphatic hydroxyl groups is 1. The van der Waals surface area contributed by atoms with Crippen LogP contribution in [0.4, 0.5) is 0 Å². The van der Waals surface area contributed by atoms with E-state index in [9.17, 15) is 13.5 Å². The summed E-state index contributed by atoms with van der Waals surface area (Å²) >= 11 is 3.07. The Balaban J connectivity index is 5.09. The number of rotatable bonds is 2. The van der Waals surface area contributed by atoms with Crippen molar-refractivity contribution < 1.29 is 13.5 Å². The Labute approximate surface area is 88.6 Å². The van der Waals surface area contributed by atoms with E-state index in [1.54, 1.807) is 20.8 Å². The maximum atomic E-state index is 11.3. The number of halogens is 1. The van der Waals surface area contributed by atoms with Gasteiger partial charge in [-0.05, 0) is 12.3 Å². The van der Waals surface area contributed by atoms with Gasteiger partial charge in [0.2, 0.25) is 0 Å². The molecule has 0 aromatic carbocycles. The highest BCUT2D eigenvalue weighted by Crippen LogP contribution is 2.37. The first-order valence-corrected chi connectivity index (χ1v) is 6.65. The number of alkyl halides is 1. The van der Waals surface area contributed by atoms with Crippen LogP contribution in [0, 0.1) is 5.41 Å². The van der Waals surface area contributed by atoms with Crippen molar-refractivity contribution in [1.82, 2.24) is 0 Å². The molecule has 0 aliphatic carbocycles. The van der Waals surface area contributed by atoms with Crippen molar-refractivity contribution in [3.63, 3.8) is 0 Å². The minimum absolute atomic E-state index is 0.471. The summed E-state index contributed by atoms with van der Waals surface area (Å²) in [6.45, 7) is 6.85. The highest BCUT2D eigenvalue weighted by atomic mass is 79.9. The van der Waals surface area contributed by atoms with Gasteiger partial charge in [0.1, 0.15) is 3.66 Å². The molecule has 0 radical (unpaired) electrons. The molecule has 2 atom stereocenters. The van der Waals surface area contributed by atoms with E-state index in [-0.39, 0.29) is 0 Å². The molecule has 0 aromatic heterocycles. The van der Waals surface area contributed by atoms with E-state index in [1.807, 2.05) is 0 Å². The molecule has 13 heavy (non-hydrogen) atoms. The summed E-state index contributed by atoms with van der Waals surface area (Å²) in [7, 11) is -3.32. The third-order valence-corrected chi connectivity index (χ3v) is 5.90. The number of hydrogen-bond acceptors (Lipinski definition) is 3. The fourth-order valence-corrected chi connectivity index (χ4v) is 2.42. The second-order valence-electron chi connectivity index (χ2n) is 4.53. The van der Waals surface area contributed by atoms with Gasteiger partial charge in [0.25, 0.3) is 0 Å². The van der Waals surface area contributed by atoms with E-state index < -0.39 is 25.0 Å². The maximum Gasteiger partial charge on any atom is 0.165 e. The molecule has 0 aromatic rings. The largest absolute Gasteiger partial charge is 0.390 e. The summed E-state index contributed by atoms with van der Waals surface area (Å²) in [6.07, 6.45) is 0.159. The van der Waals surface area contributed by atoms with E-state index in [2.05, 4.69) is 15.9 Å². The fraction of sp³-hybridized carbons (Fsp3) is 1.00. The van der Waals surface area contributed by atoms with Gasteiger partial charge in [0.05, 0.1) is 6.10 Å². The summed E-state index contributed by atoms with van der Waals surface area (Å²) in [5, 5.41) is 9.82. The molecule has 5 heteroatoms. The molecule has 0 saturated heterocycles. The van der Waals surface area contributed by atoms with Gasteiger partial charge in [-0.15, -0.1) is 0 Å². The first-order chi connectivity index (χ1) is 5.40. The van der Waals surface area contributed by atoms with E-state index >= 15 is 0 Å². The van der Waals surface area contributed by atoms with Crippen molar-refractivity contribution in [1.29, 1.82) is 0 Å². The predicted octanol–water partition coefficient (Wildman–Crippen LogP) is 1.55. The van der Waals surface area contributed by atoms with Crippen LogP contribution in [0.2, 0.25) is 0 Å². The molecule has 80 valence electrons. The Morgan fingerprint density at radius 1 is 1.23 bits per heavy atom. The van der Waals surface area contributed by atoms with Crippen LogP contribution in [0.15, 0.2) is 0 Å². The molecular formula is C8H17BrO3S. The maximum absolute atomic E-state index is 11.3. The van der Waals surface area contributed by atoms with Gasteiger partial charge in [0, 0.05) is 6.26 Å². The highest BCUT2D eigenvalue weighted by Gasteiger charge is 2.45. The molecular weight excluding hydrogens is 256 g/mol. The first kappa shape index (κ1) is 13.4. The van der Waals surface area contributed by atoms with Crippen molar-refractivity contribution in [2.24, 2.45) is 5.41 Å². The third-order valence-electron chi connectivity index (χ3n) is 2.03. The lowest BCUT2D eigenvalue weighted by Gasteiger charge is -2.35. The van der Waals surface area contributed by atoms with Crippen molar-refractivity contribution in [2.45, 2.75) is 37.5 Å². The zero-order valence-electron chi connectivity index (χ0n) is 8.63. The second kappa shape index (κ2) is 3.51. The summed E-state index contributed by atoms with van der Waals surface area (Å²) < 4.78 is 21.4. The van der Waals surface area contributed by atoms with E-state index in [0.717, 1.165) is 6.26 Å². The number of hydrogen-bond donors (Lipinski definition) is 1. The average Bonchev–Trinajstić information content (AvgIpc) is 1.81. The standard InChI is InChI=1S/C8H17BrO3S/c1-7(2,3)6(10)8(4,9)13(5,11)12/h6,10H,1-5H3/t6-,8-/m0/s1. The van der Waals surface area contributed by atoms with Crippen LogP contribution in [0.25, 0.3) is 0 Å². The smallest absolute Gasteiger partial charge is 0.165 e. The van der Waals surface area contributed by atoms with Crippen LogP contribution >= 0.6 is 15.9 Å². The van der Waals surface area contributed by atoms with Crippen molar-refractivity contribution in [2.75, 3.05) is 6.26 Å². The van der Waals surface area contributed by atoms with Gasteiger partial charge in [-0.3, -0.25) is 0 Å². The average molecular weight is 273 g/mol. The van der Waals surface area contributed by atoms with E-state index in [1.165, 1.54) is 6.92 Å². The van der Waals surface area contributed by atoms with E-state index in [0.29, 0.717) is 0 Å². The zero-order chi connectivity index (χ0) is 11.1. The molecule has 0 saturated carbocycles. The number of aliphatic hydroxyl groups excluding tert-OH is 1.